The molecule has 5 heteroatoms. The monoisotopic (exact) mass is 417 g/mol. The van der Waals surface area contributed by atoms with Crippen LogP contribution in [-0.4, -0.2) is 35.9 Å². The minimum absolute atomic E-state index is 0.0784. The second-order valence-electron chi connectivity index (χ2n) is 8.41. The minimum Gasteiger partial charge on any atom is -0.359 e. The number of amides is 1. The Hall–Kier alpha value is -3.05. The summed E-state index contributed by atoms with van der Waals surface area (Å²) < 4.78 is 13.6. The smallest absolute Gasteiger partial charge is 0.227 e. The van der Waals surface area contributed by atoms with Gasteiger partial charge in [0, 0.05) is 32.5 Å². The first kappa shape index (κ1) is 21.2. The third-order valence-corrected chi connectivity index (χ3v) is 6.17. The van der Waals surface area contributed by atoms with Gasteiger partial charge in [-0.1, -0.05) is 36.4 Å². The number of hydrogen-bond acceptors (Lipinski definition) is 3. The first-order chi connectivity index (χ1) is 15.1. The van der Waals surface area contributed by atoms with Crippen LogP contribution in [0.4, 0.5) is 4.39 Å². The van der Waals surface area contributed by atoms with Crippen LogP contribution in [0.5, 0.6) is 0 Å². The Morgan fingerprint density at radius 3 is 2.52 bits per heavy atom. The average molecular weight is 418 g/mol. The molecule has 1 aromatic heterocycles. The number of pyridine rings is 1. The SMILES string of the molecule is CNC(=O)[C@@]1(Cc2ccc(-c3ccncc3)cc2)CCCN(Cc2cccc(F)c2)C1. The van der Waals surface area contributed by atoms with Gasteiger partial charge in [-0.05, 0) is 72.3 Å². The van der Waals surface area contributed by atoms with Crippen LogP contribution in [0.15, 0.2) is 73.1 Å². The summed E-state index contributed by atoms with van der Waals surface area (Å²) in [6.45, 7) is 2.23. The fourth-order valence-electron chi connectivity index (χ4n) is 4.68. The lowest BCUT2D eigenvalue weighted by molar-refractivity contribution is -0.134. The second kappa shape index (κ2) is 9.40. The highest BCUT2D eigenvalue weighted by Crippen LogP contribution is 2.35. The lowest BCUT2D eigenvalue weighted by Crippen LogP contribution is -2.52. The maximum atomic E-state index is 13.6. The van der Waals surface area contributed by atoms with Crippen LogP contribution >= 0.6 is 0 Å². The molecule has 31 heavy (non-hydrogen) atoms. The molecule has 3 aromatic rings. The van der Waals surface area contributed by atoms with Crippen molar-refractivity contribution >= 4 is 5.91 Å². The number of nitrogens with one attached hydrogen (secondary N) is 1. The van der Waals surface area contributed by atoms with Crippen molar-refractivity contribution in [1.82, 2.24) is 15.2 Å². The predicted molar refractivity (Wildman–Crippen MR) is 121 cm³/mol. The van der Waals surface area contributed by atoms with Gasteiger partial charge >= 0.3 is 0 Å². The summed E-state index contributed by atoms with van der Waals surface area (Å²) in [5.74, 6) is -0.143. The van der Waals surface area contributed by atoms with Gasteiger partial charge in [0.2, 0.25) is 5.91 Å². The number of aromatic nitrogens is 1. The van der Waals surface area contributed by atoms with Gasteiger partial charge in [0.05, 0.1) is 5.41 Å². The van der Waals surface area contributed by atoms with E-state index in [9.17, 15) is 9.18 Å². The third-order valence-electron chi connectivity index (χ3n) is 6.17. The molecule has 0 spiro atoms. The Morgan fingerprint density at radius 2 is 1.81 bits per heavy atom. The minimum atomic E-state index is -0.488. The predicted octanol–water partition coefficient (Wildman–Crippen LogP) is 4.46. The topological polar surface area (TPSA) is 45.2 Å². The number of rotatable bonds is 6. The molecule has 0 aliphatic carbocycles. The number of carbonyl (C=O) groups excluding carboxylic acids is 1. The van der Waals surface area contributed by atoms with E-state index in [4.69, 9.17) is 0 Å². The molecule has 1 aliphatic heterocycles. The number of piperidine rings is 1. The summed E-state index contributed by atoms with van der Waals surface area (Å²) >= 11 is 0. The van der Waals surface area contributed by atoms with Crippen molar-refractivity contribution in [3.8, 4) is 11.1 Å². The van der Waals surface area contributed by atoms with E-state index in [1.165, 1.54) is 6.07 Å². The summed E-state index contributed by atoms with van der Waals surface area (Å²) in [7, 11) is 1.71. The first-order valence-electron chi connectivity index (χ1n) is 10.8. The zero-order valence-corrected chi connectivity index (χ0v) is 17.9. The van der Waals surface area contributed by atoms with Crippen LogP contribution in [0.3, 0.4) is 0 Å². The molecule has 1 N–H and O–H groups in total. The number of likely N-dealkylation sites (tertiary alicyclic amines) is 1. The highest BCUT2D eigenvalue weighted by atomic mass is 19.1. The molecule has 1 saturated heterocycles. The van der Waals surface area contributed by atoms with Crippen molar-refractivity contribution in [3.05, 3.63) is 90.0 Å². The fourth-order valence-corrected chi connectivity index (χ4v) is 4.68. The molecule has 1 amide bonds. The zero-order chi connectivity index (χ0) is 21.7. The maximum absolute atomic E-state index is 13.6. The van der Waals surface area contributed by atoms with Gasteiger partial charge < -0.3 is 5.32 Å². The van der Waals surface area contributed by atoms with Gasteiger partial charge in [-0.3, -0.25) is 14.7 Å². The highest BCUT2D eigenvalue weighted by Gasteiger charge is 2.41. The molecule has 2 aromatic carbocycles. The van der Waals surface area contributed by atoms with Gasteiger partial charge in [0.25, 0.3) is 0 Å². The molecule has 0 radical (unpaired) electrons. The largest absolute Gasteiger partial charge is 0.359 e. The molecular weight excluding hydrogens is 389 g/mol. The molecular formula is C26H28FN3O. The maximum Gasteiger partial charge on any atom is 0.227 e. The number of hydrogen-bond donors (Lipinski definition) is 1. The molecule has 1 fully saturated rings. The lowest BCUT2D eigenvalue weighted by atomic mass is 9.74. The van der Waals surface area contributed by atoms with E-state index < -0.39 is 5.41 Å². The van der Waals surface area contributed by atoms with Crippen LogP contribution in [0.2, 0.25) is 0 Å². The molecule has 0 unspecified atom stereocenters. The van der Waals surface area contributed by atoms with Crippen molar-refractivity contribution in [3.63, 3.8) is 0 Å². The third kappa shape index (κ3) is 5.00. The van der Waals surface area contributed by atoms with Gasteiger partial charge in [-0.15, -0.1) is 0 Å². The molecule has 4 rings (SSSR count). The number of carbonyl (C=O) groups is 1. The van der Waals surface area contributed by atoms with E-state index in [0.29, 0.717) is 19.5 Å². The van der Waals surface area contributed by atoms with Crippen molar-refractivity contribution in [2.45, 2.75) is 25.8 Å². The quantitative estimate of drug-likeness (QED) is 0.644. The molecule has 1 atom stereocenters. The van der Waals surface area contributed by atoms with Crippen molar-refractivity contribution in [1.29, 1.82) is 0 Å². The number of halogens is 1. The molecule has 1 aliphatic rings. The van der Waals surface area contributed by atoms with Gasteiger partial charge in [-0.2, -0.15) is 0 Å². The van der Waals surface area contributed by atoms with E-state index in [1.54, 1.807) is 31.6 Å². The Labute approximate surface area is 183 Å². The summed E-state index contributed by atoms with van der Waals surface area (Å²) in [6, 6.07) is 19.2. The van der Waals surface area contributed by atoms with Gasteiger partial charge in [0.1, 0.15) is 5.82 Å². The highest BCUT2D eigenvalue weighted by molar-refractivity contribution is 5.83. The first-order valence-corrected chi connectivity index (χ1v) is 10.8. The van der Waals surface area contributed by atoms with Crippen LogP contribution in [-0.2, 0) is 17.8 Å². The van der Waals surface area contributed by atoms with E-state index in [0.717, 1.165) is 41.6 Å². The van der Waals surface area contributed by atoms with Crippen LogP contribution in [0, 0.1) is 11.2 Å². The molecule has 0 bridgehead atoms. The Balaban J connectivity index is 1.53. The van der Waals surface area contributed by atoms with Gasteiger partial charge in [-0.25, -0.2) is 4.39 Å². The van der Waals surface area contributed by atoms with Gasteiger partial charge in [0.15, 0.2) is 0 Å². The van der Waals surface area contributed by atoms with Crippen LogP contribution in [0.25, 0.3) is 11.1 Å². The number of nitrogens with zero attached hydrogens (tertiary/aromatic N) is 2. The summed E-state index contributed by atoms with van der Waals surface area (Å²) in [5.41, 5.74) is 3.86. The van der Waals surface area contributed by atoms with E-state index >= 15 is 0 Å². The average Bonchev–Trinajstić information content (AvgIpc) is 2.80. The summed E-state index contributed by atoms with van der Waals surface area (Å²) in [4.78, 5) is 19.4. The molecule has 160 valence electrons. The lowest BCUT2D eigenvalue weighted by Gasteiger charge is -2.41. The van der Waals surface area contributed by atoms with Crippen molar-refractivity contribution in [2.24, 2.45) is 5.41 Å². The summed E-state index contributed by atoms with van der Waals surface area (Å²) in [5, 5.41) is 2.89. The standard InChI is InChI=1S/C26H28FN3O/c1-28-25(31)26(12-3-15-30(19-26)18-21-4-2-5-24(27)16-21)17-20-6-8-22(9-7-20)23-10-13-29-14-11-23/h2,4-11,13-14,16H,3,12,15,17-19H2,1H3,(H,28,31)/t26-/m1/s1. The summed E-state index contributed by atoms with van der Waals surface area (Å²) in [6.07, 6.45) is 6.05. The normalized spacial score (nSPS) is 19.2. The Morgan fingerprint density at radius 1 is 1.06 bits per heavy atom. The fraction of sp³-hybridized carbons (Fsp3) is 0.308. The zero-order valence-electron chi connectivity index (χ0n) is 17.9. The molecule has 2 heterocycles. The van der Waals surface area contributed by atoms with E-state index in [1.807, 2.05) is 18.2 Å². The molecule has 4 nitrogen and oxygen atoms in total. The molecule has 0 saturated carbocycles. The van der Waals surface area contributed by atoms with Crippen LogP contribution < -0.4 is 5.32 Å². The Bertz CT molecular complexity index is 1020. The van der Waals surface area contributed by atoms with E-state index in [-0.39, 0.29) is 11.7 Å². The van der Waals surface area contributed by atoms with Crippen LogP contribution in [0.1, 0.15) is 24.0 Å². The Kier molecular flexibility index (Phi) is 6.42. The van der Waals surface area contributed by atoms with E-state index in [2.05, 4.69) is 39.5 Å². The van der Waals surface area contributed by atoms with Crippen molar-refractivity contribution < 1.29 is 9.18 Å². The van der Waals surface area contributed by atoms with Crippen molar-refractivity contribution in [2.75, 3.05) is 20.1 Å². The second-order valence-corrected chi connectivity index (χ2v) is 8.41. The number of benzene rings is 2.